The van der Waals surface area contributed by atoms with Crippen molar-refractivity contribution in [1.82, 2.24) is 5.32 Å². The maximum atomic E-state index is 12.5. The molecular weight excluding hydrogens is 248 g/mol. The van der Waals surface area contributed by atoms with Crippen molar-refractivity contribution in [1.29, 1.82) is 0 Å². The van der Waals surface area contributed by atoms with Gasteiger partial charge in [0.15, 0.2) is 0 Å². The lowest BCUT2D eigenvalue weighted by molar-refractivity contribution is -0.126. The molecule has 1 aliphatic carbocycles. The fraction of sp³-hybridized carbons (Fsp3) is 0.588. The molecule has 2 atom stereocenters. The molecule has 1 amide bonds. The SMILES string of the molecule is CCCC(CCC)C(=O)NC1c2ccccc2CC1N. The number of hydrogen-bond donors (Lipinski definition) is 2. The van der Waals surface area contributed by atoms with E-state index in [9.17, 15) is 4.79 Å². The third kappa shape index (κ3) is 3.21. The first-order chi connectivity index (χ1) is 9.67. The lowest BCUT2D eigenvalue weighted by atomic mass is 9.96. The first-order valence-corrected chi connectivity index (χ1v) is 7.81. The normalized spacial score (nSPS) is 21.0. The molecule has 1 aromatic carbocycles. The summed E-state index contributed by atoms with van der Waals surface area (Å²) in [7, 11) is 0. The van der Waals surface area contributed by atoms with Gasteiger partial charge in [-0.1, -0.05) is 51.0 Å². The molecule has 110 valence electrons. The van der Waals surface area contributed by atoms with Gasteiger partial charge in [0.25, 0.3) is 0 Å². The summed E-state index contributed by atoms with van der Waals surface area (Å²) in [6, 6.07) is 8.23. The van der Waals surface area contributed by atoms with Crippen molar-refractivity contribution in [2.45, 2.75) is 58.0 Å². The third-order valence-corrected chi connectivity index (χ3v) is 4.22. The van der Waals surface area contributed by atoms with E-state index >= 15 is 0 Å². The second kappa shape index (κ2) is 6.89. The number of carbonyl (C=O) groups is 1. The average Bonchev–Trinajstić information content (AvgIpc) is 2.75. The summed E-state index contributed by atoms with van der Waals surface area (Å²) in [5.41, 5.74) is 8.68. The van der Waals surface area contributed by atoms with Crippen LogP contribution in [0.5, 0.6) is 0 Å². The molecule has 0 fully saturated rings. The molecule has 1 aromatic rings. The van der Waals surface area contributed by atoms with E-state index in [2.05, 4.69) is 31.3 Å². The van der Waals surface area contributed by atoms with E-state index in [1.54, 1.807) is 0 Å². The van der Waals surface area contributed by atoms with E-state index in [0.717, 1.165) is 32.1 Å². The minimum absolute atomic E-state index is 0.000234. The third-order valence-electron chi connectivity index (χ3n) is 4.22. The average molecular weight is 274 g/mol. The van der Waals surface area contributed by atoms with E-state index in [0.29, 0.717) is 0 Å². The monoisotopic (exact) mass is 274 g/mol. The van der Waals surface area contributed by atoms with Crippen molar-refractivity contribution in [2.75, 3.05) is 0 Å². The topological polar surface area (TPSA) is 55.1 Å². The number of nitrogens with one attached hydrogen (secondary N) is 1. The van der Waals surface area contributed by atoms with Crippen molar-refractivity contribution < 1.29 is 4.79 Å². The van der Waals surface area contributed by atoms with Crippen molar-refractivity contribution >= 4 is 5.91 Å². The highest BCUT2D eigenvalue weighted by atomic mass is 16.1. The van der Waals surface area contributed by atoms with Crippen LogP contribution in [0.2, 0.25) is 0 Å². The molecule has 0 saturated carbocycles. The Morgan fingerprint density at radius 3 is 2.60 bits per heavy atom. The Labute approximate surface area is 121 Å². The van der Waals surface area contributed by atoms with E-state index < -0.39 is 0 Å². The molecule has 3 N–H and O–H groups in total. The van der Waals surface area contributed by atoms with Gasteiger partial charge in [0.1, 0.15) is 0 Å². The molecule has 0 spiro atoms. The van der Waals surface area contributed by atoms with Gasteiger partial charge in [-0.05, 0) is 30.4 Å². The summed E-state index contributed by atoms with van der Waals surface area (Å²) in [6.45, 7) is 4.26. The van der Waals surface area contributed by atoms with Gasteiger partial charge in [0.2, 0.25) is 5.91 Å². The second-order valence-corrected chi connectivity index (χ2v) is 5.83. The van der Waals surface area contributed by atoms with Crippen LogP contribution in [-0.4, -0.2) is 11.9 Å². The van der Waals surface area contributed by atoms with E-state index in [-0.39, 0.29) is 23.9 Å². The summed E-state index contributed by atoms with van der Waals surface area (Å²) in [5, 5.41) is 3.19. The van der Waals surface area contributed by atoms with Gasteiger partial charge in [-0.3, -0.25) is 4.79 Å². The van der Waals surface area contributed by atoms with Crippen molar-refractivity contribution in [3.8, 4) is 0 Å². The summed E-state index contributed by atoms with van der Waals surface area (Å²) < 4.78 is 0. The second-order valence-electron chi connectivity index (χ2n) is 5.83. The highest BCUT2D eigenvalue weighted by Crippen LogP contribution is 2.30. The van der Waals surface area contributed by atoms with E-state index in [1.165, 1.54) is 11.1 Å². The van der Waals surface area contributed by atoms with Crippen LogP contribution < -0.4 is 11.1 Å². The molecule has 3 heteroatoms. The van der Waals surface area contributed by atoms with Gasteiger partial charge >= 0.3 is 0 Å². The molecule has 0 aromatic heterocycles. The lowest BCUT2D eigenvalue weighted by Gasteiger charge is -2.22. The predicted molar refractivity (Wildman–Crippen MR) is 82.3 cm³/mol. The van der Waals surface area contributed by atoms with Crippen LogP contribution in [0, 0.1) is 5.92 Å². The zero-order valence-electron chi connectivity index (χ0n) is 12.6. The lowest BCUT2D eigenvalue weighted by Crippen LogP contribution is -2.41. The Kier molecular flexibility index (Phi) is 5.18. The molecule has 0 aliphatic heterocycles. The van der Waals surface area contributed by atoms with Crippen LogP contribution in [0.3, 0.4) is 0 Å². The highest BCUT2D eigenvalue weighted by molar-refractivity contribution is 5.79. The molecular formula is C17H26N2O. The standard InChI is InChI=1S/C17H26N2O/c1-3-7-12(8-4-2)17(20)19-16-14-10-6-5-9-13(14)11-15(16)18/h5-6,9-10,12,15-16H,3-4,7-8,11,18H2,1-2H3,(H,19,20). The predicted octanol–water partition coefficient (Wildman–Crippen LogP) is 2.94. The van der Waals surface area contributed by atoms with Crippen molar-refractivity contribution in [3.05, 3.63) is 35.4 Å². The summed E-state index contributed by atoms with van der Waals surface area (Å²) in [5.74, 6) is 0.302. The molecule has 0 radical (unpaired) electrons. The van der Waals surface area contributed by atoms with Crippen molar-refractivity contribution in [2.24, 2.45) is 11.7 Å². The van der Waals surface area contributed by atoms with Gasteiger partial charge < -0.3 is 11.1 Å². The maximum Gasteiger partial charge on any atom is 0.223 e. The zero-order valence-corrected chi connectivity index (χ0v) is 12.6. The first kappa shape index (κ1) is 15.0. The number of fused-ring (bicyclic) bond motifs is 1. The zero-order chi connectivity index (χ0) is 14.5. The van der Waals surface area contributed by atoms with Crippen LogP contribution in [0.1, 0.15) is 56.7 Å². The molecule has 20 heavy (non-hydrogen) atoms. The van der Waals surface area contributed by atoms with Gasteiger partial charge in [-0.25, -0.2) is 0 Å². The quantitative estimate of drug-likeness (QED) is 0.838. The number of rotatable bonds is 6. The molecule has 2 unspecified atom stereocenters. The molecule has 1 aliphatic rings. The van der Waals surface area contributed by atoms with Gasteiger partial charge in [-0.2, -0.15) is 0 Å². The van der Waals surface area contributed by atoms with E-state index in [1.807, 2.05) is 12.1 Å². The molecule has 0 bridgehead atoms. The summed E-state index contributed by atoms with van der Waals surface area (Å²) in [6.07, 6.45) is 4.87. The van der Waals surface area contributed by atoms with Crippen LogP contribution in [-0.2, 0) is 11.2 Å². The van der Waals surface area contributed by atoms with Crippen molar-refractivity contribution in [3.63, 3.8) is 0 Å². The Hall–Kier alpha value is -1.35. The number of hydrogen-bond acceptors (Lipinski definition) is 2. The number of nitrogens with two attached hydrogens (primary N) is 1. The minimum atomic E-state index is -0.0186. The number of amides is 1. The Morgan fingerprint density at radius 2 is 1.95 bits per heavy atom. The fourth-order valence-electron chi connectivity index (χ4n) is 3.19. The largest absolute Gasteiger partial charge is 0.347 e. The van der Waals surface area contributed by atoms with Crippen LogP contribution in [0.4, 0.5) is 0 Å². The Morgan fingerprint density at radius 1 is 1.30 bits per heavy atom. The molecule has 3 nitrogen and oxygen atoms in total. The highest BCUT2D eigenvalue weighted by Gasteiger charge is 2.32. The number of carbonyl (C=O) groups excluding carboxylic acids is 1. The summed E-state index contributed by atoms with van der Waals surface area (Å²) in [4.78, 5) is 12.5. The van der Waals surface area contributed by atoms with Crippen LogP contribution in [0.15, 0.2) is 24.3 Å². The van der Waals surface area contributed by atoms with E-state index in [4.69, 9.17) is 5.73 Å². The van der Waals surface area contributed by atoms with Gasteiger partial charge in [0, 0.05) is 12.0 Å². The van der Waals surface area contributed by atoms with Crippen LogP contribution >= 0.6 is 0 Å². The Bertz CT molecular complexity index is 452. The fourth-order valence-corrected chi connectivity index (χ4v) is 3.19. The summed E-state index contributed by atoms with van der Waals surface area (Å²) >= 11 is 0. The minimum Gasteiger partial charge on any atom is -0.347 e. The molecule has 2 rings (SSSR count). The smallest absolute Gasteiger partial charge is 0.223 e. The number of benzene rings is 1. The van der Waals surface area contributed by atoms with Gasteiger partial charge in [0.05, 0.1) is 6.04 Å². The van der Waals surface area contributed by atoms with Crippen LogP contribution in [0.25, 0.3) is 0 Å². The maximum absolute atomic E-state index is 12.5. The Balaban J connectivity index is 2.07. The molecule has 0 saturated heterocycles. The van der Waals surface area contributed by atoms with Gasteiger partial charge in [-0.15, -0.1) is 0 Å². The molecule has 0 heterocycles. The first-order valence-electron chi connectivity index (χ1n) is 7.81.